The average molecular weight is 281 g/mol. The topological polar surface area (TPSA) is 39.7 Å². The summed E-state index contributed by atoms with van der Waals surface area (Å²) in [6, 6.07) is 6.24. The summed E-state index contributed by atoms with van der Waals surface area (Å²) in [5.41, 5.74) is 1.16. The van der Waals surface area contributed by atoms with Crippen LogP contribution in [0.25, 0.3) is 0 Å². The Bertz CT molecular complexity index is 395. The molecule has 0 fully saturated rings. The van der Waals surface area contributed by atoms with Gasteiger partial charge in [0.25, 0.3) is 0 Å². The Morgan fingerprint density at radius 2 is 1.90 bits per heavy atom. The van der Waals surface area contributed by atoms with Crippen LogP contribution in [0.1, 0.15) is 31.9 Å². The van der Waals surface area contributed by atoms with Gasteiger partial charge in [-0.15, -0.1) is 0 Å². The molecule has 4 heteroatoms. The molecule has 0 aliphatic rings. The maximum atomic E-state index is 5.51. The molecule has 4 nitrogen and oxygen atoms in total. The first-order chi connectivity index (χ1) is 9.65. The van der Waals surface area contributed by atoms with Crippen LogP contribution in [0.2, 0.25) is 0 Å². The van der Waals surface area contributed by atoms with Crippen LogP contribution in [0.5, 0.6) is 11.5 Å². The van der Waals surface area contributed by atoms with Crippen LogP contribution in [-0.4, -0.2) is 34.5 Å². The zero-order valence-electron chi connectivity index (χ0n) is 13.2. The highest BCUT2D eigenvalue weighted by Gasteiger charge is 2.18. The van der Waals surface area contributed by atoms with Gasteiger partial charge >= 0.3 is 0 Å². The Balaban J connectivity index is 2.95. The fourth-order valence-electron chi connectivity index (χ4n) is 2.43. The van der Waals surface area contributed by atoms with Gasteiger partial charge in [0.05, 0.1) is 14.2 Å². The summed E-state index contributed by atoms with van der Waals surface area (Å²) < 4.78 is 16.0. The zero-order chi connectivity index (χ0) is 15.0. The van der Waals surface area contributed by atoms with E-state index >= 15 is 0 Å². The molecule has 0 radical (unpaired) electrons. The van der Waals surface area contributed by atoms with E-state index in [0.717, 1.165) is 36.6 Å². The summed E-state index contributed by atoms with van der Waals surface area (Å²) in [4.78, 5) is 0. The van der Waals surface area contributed by atoms with Gasteiger partial charge in [-0.3, -0.25) is 0 Å². The lowest BCUT2D eigenvalue weighted by Gasteiger charge is -2.24. The molecule has 114 valence electrons. The molecular formula is C16H27NO3. The monoisotopic (exact) mass is 281 g/mol. The molecule has 0 heterocycles. The van der Waals surface area contributed by atoms with Gasteiger partial charge in [-0.2, -0.15) is 0 Å². The molecule has 1 N–H and O–H groups in total. The maximum absolute atomic E-state index is 5.51. The molecule has 20 heavy (non-hydrogen) atoms. The number of nitrogens with one attached hydrogen (secondary N) is 1. The minimum Gasteiger partial charge on any atom is -0.497 e. The molecule has 0 amide bonds. The predicted octanol–water partition coefficient (Wildman–Crippen LogP) is 3.03. The molecule has 0 saturated carbocycles. The number of hydrogen-bond acceptors (Lipinski definition) is 4. The second-order valence-corrected chi connectivity index (χ2v) is 5.01. The summed E-state index contributed by atoms with van der Waals surface area (Å²) in [6.45, 7) is 5.99. The Hall–Kier alpha value is -1.26. The molecule has 1 aromatic rings. The van der Waals surface area contributed by atoms with Crippen LogP contribution in [0.3, 0.4) is 0 Å². The first kappa shape index (κ1) is 16.8. The first-order valence-corrected chi connectivity index (χ1v) is 7.10. The Kier molecular flexibility index (Phi) is 7.41. The van der Waals surface area contributed by atoms with Crippen LogP contribution in [0.4, 0.5) is 0 Å². The molecule has 1 aromatic carbocycles. The van der Waals surface area contributed by atoms with E-state index in [0.29, 0.717) is 5.92 Å². The van der Waals surface area contributed by atoms with Gasteiger partial charge in [0.2, 0.25) is 0 Å². The van der Waals surface area contributed by atoms with E-state index < -0.39 is 0 Å². The first-order valence-electron chi connectivity index (χ1n) is 7.10. The second-order valence-electron chi connectivity index (χ2n) is 5.01. The minimum absolute atomic E-state index is 0.256. The molecule has 1 rings (SSSR count). The number of benzene rings is 1. The van der Waals surface area contributed by atoms with Crippen molar-refractivity contribution < 1.29 is 14.2 Å². The molecule has 0 aliphatic carbocycles. The van der Waals surface area contributed by atoms with Gasteiger partial charge in [-0.05, 0) is 24.9 Å². The Morgan fingerprint density at radius 3 is 2.45 bits per heavy atom. The predicted molar refractivity (Wildman–Crippen MR) is 81.6 cm³/mol. The second kappa shape index (κ2) is 8.82. The van der Waals surface area contributed by atoms with E-state index in [9.17, 15) is 0 Å². The highest BCUT2D eigenvalue weighted by molar-refractivity contribution is 5.42. The van der Waals surface area contributed by atoms with E-state index in [1.54, 1.807) is 21.3 Å². The van der Waals surface area contributed by atoms with Crippen molar-refractivity contribution in [2.24, 2.45) is 5.92 Å². The molecule has 2 unspecified atom stereocenters. The summed E-state index contributed by atoms with van der Waals surface area (Å²) in [6.07, 6.45) is 1.00. The van der Waals surface area contributed by atoms with E-state index in [1.807, 2.05) is 12.1 Å². The largest absolute Gasteiger partial charge is 0.497 e. The van der Waals surface area contributed by atoms with Crippen molar-refractivity contribution >= 4 is 0 Å². The third-order valence-electron chi connectivity index (χ3n) is 3.36. The molecular weight excluding hydrogens is 254 g/mol. The van der Waals surface area contributed by atoms with Gasteiger partial charge in [0.1, 0.15) is 11.5 Å². The summed E-state index contributed by atoms with van der Waals surface area (Å²) in [5.74, 6) is 2.15. The van der Waals surface area contributed by atoms with Crippen molar-refractivity contribution in [1.82, 2.24) is 5.32 Å². The van der Waals surface area contributed by atoms with Crippen LogP contribution in [0, 0.1) is 5.92 Å². The lowest BCUT2D eigenvalue weighted by Crippen LogP contribution is -2.24. The molecule has 0 bridgehead atoms. The van der Waals surface area contributed by atoms with E-state index in [2.05, 4.69) is 25.2 Å². The molecule has 0 aliphatic heterocycles. The standard InChI is InChI=1S/C16H27NO3/c1-6-17-15(9-12(2)11-18-3)14-8-7-13(19-4)10-16(14)20-5/h7-8,10,12,15,17H,6,9,11H2,1-5H3. The van der Waals surface area contributed by atoms with Crippen molar-refractivity contribution in [2.75, 3.05) is 34.5 Å². The molecule has 0 saturated heterocycles. The SMILES string of the molecule is CCNC(CC(C)COC)c1ccc(OC)cc1OC. The van der Waals surface area contributed by atoms with Crippen LogP contribution in [-0.2, 0) is 4.74 Å². The van der Waals surface area contributed by atoms with Crippen molar-refractivity contribution in [1.29, 1.82) is 0 Å². The molecule has 0 aromatic heterocycles. The van der Waals surface area contributed by atoms with E-state index in [-0.39, 0.29) is 6.04 Å². The van der Waals surface area contributed by atoms with Crippen LogP contribution in [0.15, 0.2) is 18.2 Å². The van der Waals surface area contributed by atoms with Crippen molar-refractivity contribution in [3.05, 3.63) is 23.8 Å². The fourth-order valence-corrected chi connectivity index (χ4v) is 2.43. The fraction of sp³-hybridized carbons (Fsp3) is 0.625. The van der Waals surface area contributed by atoms with Crippen LogP contribution < -0.4 is 14.8 Å². The number of ether oxygens (including phenoxy) is 3. The van der Waals surface area contributed by atoms with Gasteiger partial charge in [0, 0.05) is 31.4 Å². The summed E-state index contributed by atoms with van der Waals surface area (Å²) in [5, 5.41) is 3.52. The van der Waals surface area contributed by atoms with Crippen molar-refractivity contribution in [2.45, 2.75) is 26.3 Å². The van der Waals surface area contributed by atoms with Gasteiger partial charge in [-0.25, -0.2) is 0 Å². The third kappa shape index (κ3) is 4.69. The van der Waals surface area contributed by atoms with Gasteiger partial charge < -0.3 is 19.5 Å². The van der Waals surface area contributed by atoms with Gasteiger partial charge in [-0.1, -0.05) is 19.9 Å². The number of methoxy groups -OCH3 is 3. The highest BCUT2D eigenvalue weighted by atomic mass is 16.5. The van der Waals surface area contributed by atoms with Crippen molar-refractivity contribution in [3.8, 4) is 11.5 Å². The summed E-state index contributed by atoms with van der Waals surface area (Å²) in [7, 11) is 5.10. The highest BCUT2D eigenvalue weighted by Crippen LogP contribution is 2.32. The van der Waals surface area contributed by atoms with E-state index in [4.69, 9.17) is 14.2 Å². The Morgan fingerprint density at radius 1 is 1.15 bits per heavy atom. The lowest BCUT2D eigenvalue weighted by molar-refractivity contribution is 0.149. The quantitative estimate of drug-likeness (QED) is 0.755. The van der Waals surface area contributed by atoms with E-state index in [1.165, 1.54) is 0 Å². The third-order valence-corrected chi connectivity index (χ3v) is 3.36. The lowest BCUT2D eigenvalue weighted by atomic mass is 9.95. The number of hydrogen-bond donors (Lipinski definition) is 1. The molecule has 0 spiro atoms. The minimum atomic E-state index is 0.256. The maximum Gasteiger partial charge on any atom is 0.127 e. The smallest absolute Gasteiger partial charge is 0.127 e. The normalized spacial score (nSPS) is 13.8. The molecule has 2 atom stereocenters. The van der Waals surface area contributed by atoms with Crippen molar-refractivity contribution in [3.63, 3.8) is 0 Å². The number of rotatable bonds is 9. The van der Waals surface area contributed by atoms with Gasteiger partial charge in [0.15, 0.2) is 0 Å². The Labute approximate surface area is 122 Å². The summed E-state index contributed by atoms with van der Waals surface area (Å²) >= 11 is 0. The average Bonchev–Trinajstić information content (AvgIpc) is 2.46. The zero-order valence-corrected chi connectivity index (χ0v) is 13.2. The van der Waals surface area contributed by atoms with Crippen LogP contribution >= 0.6 is 0 Å².